The second kappa shape index (κ2) is 10.7. The van der Waals surface area contributed by atoms with Crippen molar-refractivity contribution < 1.29 is 4.79 Å². The highest BCUT2D eigenvalue weighted by Gasteiger charge is 2.12. The van der Waals surface area contributed by atoms with E-state index in [0.717, 1.165) is 12.8 Å². The number of carbonyl (C=O) groups is 1. The number of nitrogens with one attached hydrogen (secondary N) is 2. The number of pyridine rings is 1. The molecule has 0 aliphatic rings. The van der Waals surface area contributed by atoms with Crippen LogP contribution in [0.3, 0.4) is 0 Å². The van der Waals surface area contributed by atoms with Crippen molar-refractivity contribution in [3.63, 3.8) is 0 Å². The maximum Gasteiger partial charge on any atom is 0.261 e. The molecular formula is C21H27N3O2. The predicted molar refractivity (Wildman–Crippen MR) is 109 cm³/mol. The van der Waals surface area contributed by atoms with Gasteiger partial charge in [0.15, 0.2) is 0 Å². The summed E-state index contributed by atoms with van der Waals surface area (Å²) >= 11 is 0. The Labute approximate surface area is 154 Å². The molecule has 1 aromatic heterocycles. The van der Waals surface area contributed by atoms with E-state index in [0.29, 0.717) is 28.4 Å². The molecule has 0 radical (unpaired) electrons. The van der Waals surface area contributed by atoms with Crippen LogP contribution in [-0.4, -0.2) is 10.9 Å². The number of H-pyrrole nitrogens is 1. The van der Waals surface area contributed by atoms with Gasteiger partial charge in [0.25, 0.3) is 5.91 Å². The minimum atomic E-state index is -0.477. The Kier molecular flexibility index (Phi) is 8.64. The summed E-state index contributed by atoms with van der Waals surface area (Å²) in [7, 11) is 0. The number of amides is 1. The third-order valence-corrected chi connectivity index (χ3v) is 3.51. The summed E-state index contributed by atoms with van der Waals surface area (Å²) in [4.78, 5) is 28.4. The molecule has 0 saturated carbocycles. The summed E-state index contributed by atoms with van der Waals surface area (Å²) in [6.07, 6.45) is 13.9. The number of carbonyl (C=O) groups excluding carboxylic acids is 1. The minimum Gasteiger partial charge on any atom is -0.402 e. The van der Waals surface area contributed by atoms with E-state index in [2.05, 4.69) is 23.5 Å². The van der Waals surface area contributed by atoms with Crippen molar-refractivity contribution in [2.45, 2.75) is 33.1 Å². The molecule has 0 aromatic carbocycles. The Morgan fingerprint density at radius 1 is 1.42 bits per heavy atom. The van der Waals surface area contributed by atoms with E-state index < -0.39 is 5.91 Å². The highest BCUT2D eigenvalue weighted by Crippen LogP contribution is 2.00. The summed E-state index contributed by atoms with van der Waals surface area (Å²) in [5.41, 5.74) is 6.35. The zero-order valence-electron chi connectivity index (χ0n) is 15.5. The molecule has 0 aliphatic carbocycles. The van der Waals surface area contributed by atoms with Crippen LogP contribution in [0.4, 0.5) is 0 Å². The van der Waals surface area contributed by atoms with E-state index in [1.54, 1.807) is 30.4 Å². The molecule has 1 rings (SSSR count). The number of nitrogens with two attached hydrogens (primary N) is 1. The molecule has 0 atom stereocenters. The zero-order valence-corrected chi connectivity index (χ0v) is 15.5. The molecule has 0 bridgehead atoms. The van der Waals surface area contributed by atoms with Crippen LogP contribution in [0.25, 0.3) is 12.2 Å². The molecule has 4 N–H and O–H groups in total. The minimum absolute atomic E-state index is 0.0514. The monoisotopic (exact) mass is 353 g/mol. The first-order valence-electron chi connectivity index (χ1n) is 8.56. The highest BCUT2D eigenvalue weighted by atomic mass is 16.2. The predicted octanol–water partition coefficient (Wildman–Crippen LogP) is 1.97. The second-order valence-electron chi connectivity index (χ2n) is 5.73. The van der Waals surface area contributed by atoms with Gasteiger partial charge in [-0.1, -0.05) is 50.8 Å². The number of hydrogen-bond acceptors (Lipinski definition) is 3. The van der Waals surface area contributed by atoms with Crippen molar-refractivity contribution in [2.75, 3.05) is 0 Å². The van der Waals surface area contributed by atoms with Gasteiger partial charge in [0.05, 0.1) is 0 Å². The molecule has 1 aromatic rings. The molecule has 26 heavy (non-hydrogen) atoms. The average molecular weight is 353 g/mol. The van der Waals surface area contributed by atoms with E-state index in [-0.39, 0.29) is 11.0 Å². The fourth-order valence-electron chi connectivity index (χ4n) is 2.26. The van der Waals surface area contributed by atoms with E-state index in [1.807, 2.05) is 19.9 Å². The van der Waals surface area contributed by atoms with Crippen LogP contribution in [-0.2, 0) is 0 Å². The smallest absolute Gasteiger partial charge is 0.261 e. The topological polar surface area (TPSA) is 88.0 Å². The highest BCUT2D eigenvalue weighted by molar-refractivity contribution is 5.95. The van der Waals surface area contributed by atoms with Crippen LogP contribution < -0.4 is 27.0 Å². The lowest BCUT2D eigenvalue weighted by Gasteiger charge is -2.07. The lowest BCUT2D eigenvalue weighted by molar-refractivity contribution is 0.0965. The largest absolute Gasteiger partial charge is 0.402 e. The van der Waals surface area contributed by atoms with E-state index >= 15 is 0 Å². The first-order chi connectivity index (χ1) is 12.4. The van der Waals surface area contributed by atoms with Crippen LogP contribution in [0.1, 0.15) is 43.5 Å². The first kappa shape index (κ1) is 21.0. The van der Waals surface area contributed by atoms with Gasteiger partial charge in [-0.25, -0.2) is 0 Å². The summed E-state index contributed by atoms with van der Waals surface area (Å²) < 4.78 is 0. The van der Waals surface area contributed by atoms with Gasteiger partial charge in [0, 0.05) is 34.6 Å². The van der Waals surface area contributed by atoms with Crippen LogP contribution in [0, 0.1) is 0 Å². The molecule has 5 heteroatoms. The van der Waals surface area contributed by atoms with Crippen molar-refractivity contribution >= 4 is 18.1 Å². The normalized spacial score (nSPS) is 13.2. The van der Waals surface area contributed by atoms with Crippen molar-refractivity contribution in [1.29, 1.82) is 0 Å². The summed E-state index contributed by atoms with van der Waals surface area (Å²) in [6, 6.07) is 0. The number of allylic oxidation sites excluding steroid dienone is 4. The number of rotatable bonds is 8. The molecule has 5 nitrogen and oxygen atoms in total. The SMILES string of the molecule is C=C/C=c1/[nH]cc(C(=O)NC(/C=C\C)=C/CC(=C)N)c(=O)/c1=C/CCC. The van der Waals surface area contributed by atoms with E-state index in [4.69, 9.17) is 5.73 Å². The average Bonchev–Trinajstić information content (AvgIpc) is 2.59. The molecule has 138 valence electrons. The number of unbranched alkanes of at least 4 members (excludes halogenated alkanes) is 1. The third kappa shape index (κ3) is 6.09. The maximum atomic E-state index is 12.8. The fraction of sp³-hybridized carbons (Fsp3) is 0.238. The lowest BCUT2D eigenvalue weighted by atomic mass is 10.1. The quantitative estimate of drug-likeness (QED) is 0.625. The first-order valence-corrected chi connectivity index (χ1v) is 8.56. The lowest BCUT2D eigenvalue weighted by Crippen LogP contribution is -2.45. The van der Waals surface area contributed by atoms with Crippen LogP contribution in [0.5, 0.6) is 0 Å². The van der Waals surface area contributed by atoms with E-state index in [9.17, 15) is 9.59 Å². The van der Waals surface area contributed by atoms with Crippen molar-refractivity contribution in [1.82, 2.24) is 10.3 Å². The summed E-state index contributed by atoms with van der Waals surface area (Å²) in [5.74, 6) is -0.477. The maximum absolute atomic E-state index is 12.8. The second-order valence-corrected chi connectivity index (χ2v) is 5.73. The number of hydrogen-bond donors (Lipinski definition) is 3. The fourth-order valence-corrected chi connectivity index (χ4v) is 2.26. The zero-order chi connectivity index (χ0) is 19.5. The Hall–Kier alpha value is -3.08. The van der Waals surface area contributed by atoms with Gasteiger partial charge >= 0.3 is 0 Å². The molecule has 0 saturated heterocycles. The molecular weight excluding hydrogens is 326 g/mol. The number of aromatic amines is 1. The number of aromatic nitrogens is 1. The van der Waals surface area contributed by atoms with Crippen molar-refractivity contribution in [3.05, 3.63) is 81.4 Å². The van der Waals surface area contributed by atoms with Gasteiger partial charge in [-0.15, -0.1) is 0 Å². The molecule has 0 unspecified atom stereocenters. The Morgan fingerprint density at radius 2 is 2.15 bits per heavy atom. The van der Waals surface area contributed by atoms with Crippen LogP contribution in [0.2, 0.25) is 0 Å². The van der Waals surface area contributed by atoms with Crippen LogP contribution >= 0.6 is 0 Å². The van der Waals surface area contributed by atoms with Gasteiger partial charge in [0.1, 0.15) is 5.56 Å². The standard InChI is InChI=1S/C21H27N3O2/c1-5-8-11-17-19(10-7-3)23-14-18(20(17)25)21(26)24-16(9-6-2)13-12-15(4)22/h6-7,9-11,13-14,23H,3-5,8,12,22H2,1-2H3,(H,24,26)/b9-6-,16-13+,17-11+,19-10+. The molecule has 1 amide bonds. The van der Waals surface area contributed by atoms with Gasteiger partial charge in [-0.2, -0.15) is 0 Å². The van der Waals surface area contributed by atoms with Crippen molar-refractivity contribution in [2.24, 2.45) is 5.73 Å². The molecule has 0 fully saturated rings. The molecule has 1 heterocycles. The third-order valence-electron chi connectivity index (χ3n) is 3.51. The van der Waals surface area contributed by atoms with Gasteiger partial charge < -0.3 is 16.0 Å². The van der Waals surface area contributed by atoms with Gasteiger partial charge in [-0.3, -0.25) is 9.59 Å². The van der Waals surface area contributed by atoms with Crippen LogP contribution in [0.15, 0.2) is 59.8 Å². The molecule has 0 aliphatic heterocycles. The van der Waals surface area contributed by atoms with Gasteiger partial charge in [-0.05, 0) is 25.5 Å². The van der Waals surface area contributed by atoms with E-state index in [1.165, 1.54) is 6.20 Å². The van der Waals surface area contributed by atoms with Gasteiger partial charge in [0.2, 0.25) is 5.43 Å². The Balaban J connectivity index is 3.34. The summed E-state index contributed by atoms with van der Waals surface area (Å²) in [6.45, 7) is 11.1. The Bertz CT molecular complexity index is 902. The van der Waals surface area contributed by atoms with Crippen molar-refractivity contribution in [3.8, 4) is 0 Å². The Morgan fingerprint density at radius 3 is 2.73 bits per heavy atom. The summed E-state index contributed by atoms with van der Waals surface area (Å²) in [5, 5.41) is 3.86. The molecule has 0 spiro atoms.